The van der Waals surface area contributed by atoms with Crippen molar-refractivity contribution in [3.63, 3.8) is 0 Å². The van der Waals surface area contributed by atoms with Gasteiger partial charge in [-0.25, -0.2) is 0 Å². The van der Waals surface area contributed by atoms with Gasteiger partial charge in [-0.15, -0.1) is 5.10 Å². The smallest absolute Gasteiger partial charge is 0.230 e. The molecule has 2 rings (SSSR count). The van der Waals surface area contributed by atoms with Gasteiger partial charge in [-0.1, -0.05) is 18.7 Å². The molecule has 1 aromatic heterocycles. The number of benzene rings is 1. The van der Waals surface area contributed by atoms with Gasteiger partial charge in [-0.05, 0) is 55.0 Å². The number of hydrogen-bond donors (Lipinski definition) is 2. The number of nitrogens with zero attached hydrogens (tertiary/aromatic N) is 4. The van der Waals surface area contributed by atoms with Crippen LogP contribution in [0.5, 0.6) is 5.75 Å². The molecule has 8 heteroatoms. The summed E-state index contributed by atoms with van der Waals surface area (Å²) in [6, 6.07) is 6.52. The van der Waals surface area contributed by atoms with Gasteiger partial charge in [0.1, 0.15) is 5.75 Å². The molecule has 0 fully saturated rings. The molecular formula is C14H19N5O2S. The van der Waals surface area contributed by atoms with E-state index in [-0.39, 0.29) is 22.9 Å². The minimum Gasteiger partial charge on any atom is -0.508 e. The van der Waals surface area contributed by atoms with Crippen molar-refractivity contribution in [1.29, 1.82) is 0 Å². The molecule has 0 atom stereocenters. The van der Waals surface area contributed by atoms with E-state index in [1.807, 2.05) is 20.8 Å². The van der Waals surface area contributed by atoms with Crippen molar-refractivity contribution in [2.45, 2.75) is 37.9 Å². The third-order valence-corrected chi connectivity index (χ3v) is 4.15. The first kappa shape index (κ1) is 16.3. The third-order valence-electron chi connectivity index (χ3n) is 3.23. The Morgan fingerprint density at radius 2 is 2.05 bits per heavy atom. The maximum absolute atomic E-state index is 12.0. The summed E-state index contributed by atoms with van der Waals surface area (Å²) in [5, 5.41) is 24.3. The van der Waals surface area contributed by atoms with E-state index in [4.69, 9.17) is 0 Å². The van der Waals surface area contributed by atoms with Crippen molar-refractivity contribution in [3.8, 4) is 11.4 Å². The lowest BCUT2D eigenvalue weighted by atomic mass is 10.0. The molecule has 0 aliphatic rings. The van der Waals surface area contributed by atoms with Crippen molar-refractivity contribution in [3.05, 3.63) is 24.3 Å². The molecule has 22 heavy (non-hydrogen) atoms. The van der Waals surface area contributed by atoms with Gasteiger partial charge >= 0.3 is 0 Å². The van der Waals surface area contributed by atoms with Crippen LogP contribution in [0.3, 0.4) is 0 Å². The van der Waals surface area contributed by atoms with Crippen LogP contribution < -0.4 is 5.32 Å². The van der Waals surface area contributed by atoms with Gasteiger partial charge in [-0.3, -0.25) is 4.79 Å². The highest BCUT2D eigenvalue weighted by atomic mass is 32.2. The second-order valence-corrected chi connectivity index (χ2v) is 6.41. The van der Waals surface area contributed by atoms with Crippen LogP contribution in [0, 0.1) is 0 Å². The van der Waals surface area contributed by atoms with Crippen LogP contribution >= 0.6 is 11.8 Å². The Kier molecular flexibility index (Phi) is 5.02. The van der Waals surface area contributed by atoms with Crippen LogP contribution in [0.2, 0.25) is 0 Å². The molecule has 7 nitrogen and oxygen atoms in total. The minimum absolute atomic E-state index is 0.0582. The zero-order chi connectivity index (χ0) is 16.2. The number of rotatable bonds is 6. The molecule has 1 aromatic carbocycles. The fraction of sp³-hybridized carbons (Fsp3) is 0.429. The van der Waals surface area contributed by atoms with Crippen LogP contribution in [0.4, 0.5) is 0 Å². The number of tetrazole rings is 1. The van der Waals surface area contributed by atoms with E-state index in [2.05, 4.69) is 20.8 Å². The van der Waals surface area contributed by atoms with Gasteiger partial charge in [0.15, 0.2) is 0 Å². The molecule has 0 saturated carbocycles. The lowest BCUT2D eigenvalue weighted by Gasteiger charge is -2.24. The number of thioether (sulfide) groups is 1. The first-order chi connectivity index (χ1) is 10.4. The lowest BCUT2D eigenvalue weighted by molar-refractivity contribution is -0.120. The SMILES string of the molecule is CCC(C)(C)NC(=O)CSc1nnnn1-c1ccc(O)cc1. The maximum Gasteiger partial charge on any atom is 0.230 e. The molecule has 0 aliphatic heterocycles. The molecule has 0 radical (unpaired) electrons. The van der Waals surface area contributed by atoms with Crippen LogP contribution in [0.1, 0.15) is 27.2 Å². The topological polar surface area (TPSA) is 92.9 Å². The first-order valence-corrected chi connectivity index (χ1v) is 7.91. The number of nitrogens with one attached hydrogen (secondary N) is 1. The standard InChI is InChI=1S/C14H19N5O2S/c1-4-14(2,3)15-12(21)9-22-13-16-17-18-19(13)10-5-7-11(20)8-6-10/h5-8,20H,4,9H2,1-3H3,(H,15,21). The highest BCUT2D eigenvalue weighted by molar-refractivity contribution is 7.99. The summed E-state index contributed by atoms with van der Waals surface area (Å²) in [4.78, 5) is 12.0. The van der Waals surface area contributed by atoms with E-state index in [1.54, 1.807) is 24.3 Å². The van der Waals surface area contributed by atoms with E-state index in [1.165, 1.54) is 16.4 Å². The molecule has 0 saturated heterocycles. The Bertz CT molecular complexity index is 639. The predicted octanol–water partition coefficient (Wildman–Crippen LogP) is 1.76. The Morgan fingerprint density at radius 3 is 2.68 bits per heavy atom. The van der Waals surface area contributed by atoms with Crippen LogP contribution in [-0.4, -0.2) is 42.5 Å². The zero-order valence-corrected chi connectivity index (χ0v) is 13.6. The number of aromatic nitrogens is 4. The molecule has 2 N–H and O–H groups in total. The fourth-order valence-corrected chi connectivity index (χ4v) is 2.35. The third kappa shape index (κ3) is 4.20. The summed E-state index contributed by atoms with van der Waals surface area (Å²) in [5.74, 6) is 0.353. The highest BCUT2D eigenvalue weighted by Crippen LogP contribution is 2.20. The van der Waals surface area contributed by atoms with E-state index >= 15 is 0 Å². The summed E-state index contributed by atoms with van der Waals surface area (Å²) >= 11 is 1.26. The fourth-order valence-electron chi connectivity index (χ4n) is 1.66. The number of aromatic hydroxyl groups is 1. The van der Waals surface area contributed by atoms with E-state index < -0.39 is 0 Å². The summed E-state index contributed by atoms with van der Waals surface area (Å²) in [6.45, 7) is 5.99. The molecule has 0 unspecified atom stereocenters. The van der Waals surface area contributed by atoms with Gasteiger partial charge in [0, 0.05) is 5.54 Å². The maximum atomic E-state index is 12.0. The van der Waals surface area contributed by atoms with E-state index in [0.29, 0.717) is 5.16 Å². The average molecular weight is 321 g/mol. The molecule has 118 valence electrons. The summed E-state index contributed by atoms with van der Waals surface area (Å²) in [5.41, 5.74) is 0.500. The Hall–Kier alpha value is -2.09. The summed E-state index contributed by atoms with van der Waals surface area (Å²) in [7, 11) is 0. The van der Waals surface area contributed by atoms with Gasteiger partial charge in [0.05, 0.1) is 11.4 Å². The lowest BCUT2D eigenvalue weighted by Crippen LogP contribution is -2.43. The number of phenols is 1. The number of hydrogen-bond acceptors (Lipinski definition) is 6. The predicted molar refractivity (Wildman–Crippen MR) is 84.1 cm³/mol. The Morgan fingerprint density at radius 1 is 1.36 bits per heavy atom. The van der Waals surface area contributed by atoms with E-state index in [9.17, 15) is 9.90 Å². The van der Waals surface area contributed by atoms with Gasteiger partial charge in [0.25, 0.3) is 0 Å². The van der Waals surface area contributed by atoms with E-state index in [0.717, 1.165) is 12.1 Å². The molecule has 2 aromatic rings. The molecule has 0 bridgehead atoms. The van der Waals surface area contributed by atoms with Crippen molar-refractivity contribution in [2.75, 3.05) is 5.75 Å². The quantitative estimate of drug-likeness (QED) is 0.788. The first-order valence-electron chi connectivity index (χ1n) is 6.93. The van der Waals surface area contributed by atoms with Crippen molar-refractivity contribution >= 4 is 17.7 Å². The summed E-state index contributed by atoms with van der Waals surface area (Å²) in [6.07, 6.45) is 0.856. The van der Waals surface area contributed by atoms with Crippen LogP contribution in [0.15, 0.2) is 29.4 Å². The number of carbonyl (C=O) groups excluding carboxylic acids is 1. The van der Waals surface area contributed by atoms with Gasteiger partial charge in [0.2, 0.25) is 11.1 Å². The van der Waals surface area contributed by atoms with Crippen LogP contribution in [-0.2, 0) is 4.79 Å². The van der Waals surface area contributed by atoms with Crippen LogP contribution in [0.25, 0.3) is 5.69 Å². The molecule has 1 heterocycles. The minimum atomic E-state index is -0.222. The molecule has 1 amide bonds. The highest BCUT2D eigenvalue weighted by Gasteiger charge is 2.19. The Labute approximate surface area is 133 Å². The van der Waals surface area contributed by atoms with Crippen molar-refractivity contribution in [1.82, 2.24) is 25.5 Å². The average Bonchev–Trinajstić information content (AvgIpc) is 2.94. The summed E-state index contributed by atoms with van der Waals surface area (Å²) < 4.78 is 1.53. The Balaban J connectivity index is 2.02. The second kappa shape index (κ2) is 6.78. The monoisotopic (exact) mass is 321 g/mol. The molecular weight excluding hydrogens is 302 g/mol. The molecule has 0 aliphatic carbocycles. The van der Waals surface area contributed by atoms with Gasteiger partial charge < -0.3 is 10.4 Å². The molecule has 0 spiro atoms. The van der Waals surface area contributed by atoms with Gasteiger partial charge in [-0.2, -0.15) is 4.68 Å². The number of carbonyl (C=O) groups is 1. The zero-order valence-electron chi connectivity index (χ0n) is 12.8. The van der Waals surface area contributed by atoms with Crippen molar-refractivity contribution in [2.24, 2.45) is 0 Å². The number of phenolic OH excluding ortho intramolecular Hbond substituents is 1. The normalized spacial score (nSPS) is 11.4. The second-order valence-electron chi connectivity index (χ2n) is 5.46. The van der Waals surface area contributed by atoms with Crippen molar-refractivity contribution < 1.29 is 9.90 Å². The number of amides is 1. The largest absolute Gasteiger partial charge is 0.508 e.